The first-order valence-electron chi connectivity index (χ1n) is 12.3. The molecule has 0 saturated heterocycles. The van der Waals surface area contributed by atoms with Gasteiger partial charge in [0.15, 0.2) is 0 Å². The molecule has 0 saturated carbocycles. The van der Waals surface area contributed by atoms with Crippen molar-refractivity contribution in [3.05, 3.63) is 0 Å². The molecule has 0 amide bonds. The zero-order valence-electron chi connectivity index (χ0n) is 21.4. The number of hydrogen-bond donors (Lipinski definition) is 2. The fourth-order valence-corrected chi connectivity index (χ4v) is 2.30. The molecule has 1 unspecified atom stereocenters. The van der Waals surface area contributed by atoms with Crippen LogP contribution in [-0.2, 0) is 47.4 Å². The number of rotatable bonds is 31. The molecular weight excluding hydrogens is 468 g/mol. The first-order chi connectivity index (χ1) is 17.3. The van der Waals surface area contributed by atoms with Crippen LogP contribution < -0.4 is 0 Å². The van der Waals surface area contributed by atoms with Crippen molar-refractivity contribution in [3.63, 3.8) is 0 Å². The predicted molar refractivity (Wildman–Crippen MR) is 127 cm³/mol. The summed E-state index contributed by atoms with van der Waals surface area (Å²) in [6.45, 7) is 11.3. The van der Waals surface area contributed by atoms with Crippen molar-refractivity contribution in [1.29, 1.82) is 0 Å². The van der Waals surface area contributed by atoms with Gasteiger partial charge in [-0.05, 0) is 6.92 Å². The number of hydrogen-bond acceptors (Lipinski definition) is 12. The summed E-state index contributed by atoms with van der Waals surface area (Å²) in [4.78, 5) is 0. The van der Waals surface area contributed by atoms with Crippen LogP contribution >= 0.6 is 0 Å². The second-order valence-corrected chi connectivity index (χ2v) is 7.16. The Hall–Kier alpha value is -0.480. The average molecular weight is 517 g/mol. The van der Waals surface area contributed by atoms with Crippen molar-refractivity contribution in [2.75, 3.05) is 139 Å². The van der Waals surface area contributed by atoms with E-state index in [-0.39, 0.29) is 6.61 Å². The lowest BCUT2D eigenvalue weighted by Crippen LogP contribution is -2.16. The number of aliphatic hydroxyl groups excluding tert-OH is 2. The summed E-state index contributed by atoms with van der Waals surface area (Å²) < 4.78 is 53.4. The Bertz CT molecular complexity index is 376. The van der Waals surface area contributed by atoms with Crippen LogP contribution in [0.3, 0.4) is 0 Å². The van der Waals surface area contributed by atoms with Gasteiger partial charge in [-0.2, -0.15) is 0 Å². The van der Waals surface area contributed by atoms with Gasteiger partial charge in [0.05, 0.1) is 145 Å². The van der Waals surface area contributed by atoms with Crippen LogP contribution in [0, 0.1) is 0 Å². The van der Waals surface area contributed by atoms with Gasteiger partial charge in [-0.25, -0.2) is 0 Å². The molecule has 2 N–H and O–H groups in total. The molecule has 0 spiro atoms. The predicted octanol–water partition coefficient (Wildman–Crippen LogP) is -0.474. The van der Waals surface area contributed by atoms with Crippen molar-refractivity contribution in [1.82, 2.24) is 0 Å². The molecule has 0 aromatic heterocycles. The van der Waals surface area contributed by atoms with E-state index in [2.05, 4.69) is 0 Å². The molecule has 12 nitrogen and oxygen atoms in total. The summed E-state index contributed by atoms with van der Waals surface area (Å²) >= 11 is 0. The smallest absolute Gasteiger partial charge is 0.0745 e. The Kier molecular flexibility index (Phi) is 31.1. The summed E-state index contributed by atoms with van der Waals surface area (Å²) in [5.74, 6) is 0. The first-order valence-corrected chi connectivity index (χ1v) is 12.3. The van der Waals surface area contributed by atoms with E-state index in [1.807, 2.05) is 0 Å². The Morgan fingerprint density at radius 2 is 0.571 bits per heavy atom. The van der Waals surface area contributed by atoms with Gasteiger partial charge in [-0.3, -0.25) is 0 Å². The van der Waals surface area contributed by atoms with Crippen LogP contribution in [0.15, 0.2) is 0 Å². The van der Waals surface area contributed by atoms with E-state index in [0.717, 1.165) is 0 Å². The standard InChI is InChI=1S/C23H48O12/c1-23(25)22-35-21-20-34-19-18-33-17-16-32-15-14-31-13-12-30-11-10-29-9-8-28-7-6-27-5-4-26-3-2-24/h23-25H,2-22H2,1H3. The minimum absolute atomic E-state index is 0.0262. The van der Waals surface area contributed by atoms with Crippen molar-refractivity contribution in [2.24, 2.45) is 0 Å². The minimum atomic E-state index is -0.451. The van der Waals surface area contributed by atoms with Crippen LogP contribution in [0.5, 0.6) is 0 Å². The van der Waals surface area contributed by atoms with Gasteiger partial charge in [0.25, 0.3) is 0 Å². The third-order valence-corrected chi connectivity index (χ3v) is 3.94. The lowest BCUT2D eigenvalue weighted by atomic mass is 10.4. The van der Waals surface area contributed by atoms with E-state index in [1.165, 1.54) is 0 Å². The van der Waals surface area contributed by atoms with Crippen LogP contribution in [0.2, 0.25) is 0 Å². The highest BCUT2D eigenvalue weighted by molar-refractivity contribution is 4.41. The van der Waals surface area contributed by atoms with Crippen LogP contribution in [0.1, 0.15) is 6.92 Å². The second kappa shape index (κ2) is 31.5. The molecule has 1 atom stereocenters. The topological polar surface area (TPSA) is 133 Å². The lowest BCUT2D eigenvalue weighted by Gasteiger charge is -2.09. The highest BCUT2D eigenvalue weighted by Gasteiger charge is 1.97. The van der Waals surface area contributed by atoms with E-state index in [9.17, 15) is 0 Å². The fraction of sp³-hybridized carbons (Fsp3) is 1.00. The van der Waals surface area contributed by atoms with E-state index >= 15 is 0 Å². The van der Waals surface area contributed by atoms with E-state index in [4.69, 9.17) is 57.6 Å². The quantitative estimate of drug-likeness (QED) is 0.115. The molecule has 0 radical (unpaired) electrons. The largest absolute Gasteiger partial charge is 0.394 e. The molecule has 0 aromatic rings. The summed E-state index contributed by atoms with van der Waals surface area (Å²) in [7, 11) is 0. The van der Waals surface area contributed by atoms with Crippen LogP contribution in [0.4, 0.5) is 0 Å². The third-order valence-electron chi connectivity index (χ3n) is 3.94. The van der Waals surface area contributed by atoms with Gasteiger partial charge in [-0.15, -0.1) is 0 Å². The van der Waals surface area contributed by atoms with Crippen molar-refractivity contribution < 1.29 is 57.6 Å². The number of ether oxygens (including phenoxy) is 10. The maximum absolute atomic E-state index is 9.03. The fourth-order valence-electron chi connectivity index (χ4n) is 2.30. The molecule has 0 rings (SSSR count). The molecule has 0 fully saturated rings. The Balaban J connectivity index is 3.01. The normalized spacial score (nSPS) is 12.4. The van der Waals surface area contributed by atoms with E-state index in [0.29, 0.717) is 132 Å². The maximum Gasteiger partial charge on any atom is 0.0745 e. The van der Waals surface area contributed by atoms with Gasteiger partial charge in [-0.1, -0.05) is 0 Å². The molecule has 0 aromatic carbocycles. The molecule has 0 aliphatic carbocycles. The highest BCUT2D eigenvalue weighted by atomic mass is 16.6. The molecule has 12 heteroatoms. The number of aliphatic hydroxyl groups is 2. The Morgan fingerprint density at radius 3 is 0.771 bits per heavy atom. The zero-order chi connectivity index (χ0) is 25.5. The SMILES string of the molecule is CC(O)COCCOCCOCCOCCOCCOCCOCCOCCOCCOCCO. The average Bonchev–Trinajstić information content (AvgIpc) is 2.85. The van der Waals surface area contributed by atoms with Gasteiger partial charge >= 0.3 is 0 Å². The monoisotopic (exact) mass is 516 g/mol. The summed E-state index contributed by atoms with van der Waals surface area (Å²) in [5, 5.41) is 17.6. The van der Waals surface area contributed by atoms with E-state index < -0.39 is 6.10 Å². The second-order valence-electron chi connectivity index (χ2n) is 7.16. The van der Waals surface area contributed by atoms with Crippen LogP contribution in [0.25, 0.3) is 0 Å². The minimum Gasteiger partial charge on any atom is -0.394 e. The zero-order valence-corrected chi connectivity index (χ0v) is 21.4. The first kappa shape index (κ1) is 34.5. The molecular formula is C23H48O12. The van der Waals surface area contributed by atoms with Crippen molar-refractivity contribution in [3.8, 4) is 0 Å². The maximum atomic E-state index is 9.03. The van der Waals surface area contributed by atoms with Gasteiger partial charge in [0, 0.05) is 0 Å². The Labute approximate surface area is 209 Å². The molecule has 0 aliphatic rings. The lowest BCUT2D eigenvalue weighted by molar-refractivity contribution is -0.0284. The molecule has 0 aliphatic heterocycles. The van der Waals surface area contributed by atoms with Crippen LogP contribution in [-0.4, -0.2) is 155 Å². The van der Waals surface area contributed by atoms with Gasteiger partial charge < -0.3 is 57.6 Å². The van der Waals surface area contributed by atoms with Gasteiger partial charge in [0.2, 0.25) is 0 Å². The van der Waals surface area contributed by atoms with Gasteiger partial charge in [0.1, 0.15) is 0 Å². The molecule has 0 heterocycles. The van der Waals surface area contributed by atoms with E-state index in [1.54, 1.807) is 6.92 Å². The molecule has 212 valence electrons. The molecule has 0 bridgehead atoms. The third kappa shape index (κ3) is 33.5. The van der Waals surface area contributed by atoms with Crippen molar-refractivity contribution >= 4 is 0 Å². The summed E-state index contributed by atoms with van der Waals surface area (Å²) in [6.07, 6.45) is -0.451. The van der Waals surface area contributed by atoms with Crippen molar-refractivity contribution in [2.45, 2.75) is 13.0 Å². The highest BCUT2D eigenvalue weighted by Crippen LogP contribution is 1.87. The summed E-state index contributed by atoms with van der Waals surface area (Å²) in [6, 6.07) is 0. The Morgan fingerprint density at radius 1 is 0.371 bits per heavy atom. The molecule has 35 heavy (non-hydrogen) atoms. The summed E-state index contributed by atoms with van der Waals surface area (Å²) in [5.41, 5.74) is 0.